The average molecular weight is 900 g/mol. The third-order valence-electron chi connectivity index (χ3n) is 15.2. The summed E-state index contributed by atoms with van der Waals surface area (Å²) in [6.45, 7) is 5.54. The number of ether oxygens (including phenoxy) is 2. The molecule has 13 nitrogen and oxygen atoms in total. The predicted octanol–water partition coefficient (Wildman–Crippen LogP) is 5.35. The summed E-state index contributed by atoms with van der Waals surface area (Å²) in [5, 5.41) is 67.7. The number of aliphatic hydroxyl groups is 4. The number of esters is 1. The maximum absolute atomic E-state index is 12.8. The summed E-state index contributed by atoms with van der Waals surface area (Å²) >= 11 is 0. The summed E-state index contributed by atoms with van der Waals surface area (Å²) in [5.74, 6) is 7.22. The minimum atomic E-state index is -1.90. The number of nitrogens with two attached hydrogens (primary N) is 1. The summed E-state index contributed by atoms with van der Waals surface area (Å²) < 4.78 is 12.7. The van der Waals surface area contributed by atoms with Gasteiger partial charge in [0.2, 0.25) is 0 Å². The third-order valence-corrected chi connectivity index (χ3v) is 18.7. The van der Waals surface area contributed by atoms with Crippen LogP contribution in [0.15, 0.2) is 17.1 Å². The van der Waals surface area contributed by atoms with Crippen molar-refractivity contribution in [2.75, 3.05) is 31.9 Å². The monoisotopic (exact) mass is 899 g/mol. The van der Waals surface area contributed by atoms with Gasteiger partial charge in [0.05, 0.1) is 29.7 Å². The fraction of sp³-hybridized carbons (Fsp3) is 0.787. The van der Waals surface area contributed by atoms with Crippen molar-refractivity contribution in [2.24, 2.45) is 28.0 Å². The molecular weight excluding hydrogens is 827 g/mol. The summed E-state index contributed by atoms with van der Waals surface area (Å²) in [6.07, 6.45) is 11.3. The highest BCUT2D eigenvalue weighted by atomic mass is 33.1. The summed E-state index contributed by atoms with van der Waals surface area (Å²) in [4.78, 5) is 17.9. The number of benzene rings is 1. The molecule has 0 aromatic heterocycles. The van der Waals surface area contributed by atoms with Crippen LogP contribution in [0, 0.1) is 29.1 Å². The van der Waals surface area contributed by atoms with E-state index in [-0.39, 0.29) is 64.8 Å². The second-order valence-corrected chi connectivity index (χ2v) is 22.3. The molecule has 2 saturated carbocycles. The van der Waals surface area contributed by atoms with Crippen molar-refractivity contribution in [3.63, 3.8) is 0 Å². The number of phenolic OH excluding ortho intramolecular Hbond substituents is 1. The van der Waals surface area contributed by atoms with Crippen molar-refractivity contribution < 1.29 is 39.8 Å². The fourth-order valence-corrected chi connectivity index (χ4v) is 15.3. The van der Waals surface area contributed by atoms with Crippen molar-refractivity contribution >= 4 is 33.5 Å². The molecule has 62 heavy (non-hydrogen) atoms. The molecule has 6 bridgehead atoms. The Kier molecular flexibility index (Phi) is 16.0. The number of piperidine rings is 1. The number of aliphatic hydroxyl groups excluding tert-OH is 3. The van der Waals surface area contributed by atoms with E-state index in [1.807, 2.05) is 10.8 Å². The third kappa shape index (κ3) is 11.0. The SMILES string of the molecule is CC(=O)O[C@H]1C[C@@H](O)CC[C@]2([C@H](C)O)C#C[C@@H]3CCC[C@@]4(CNCCSSC5(CCCCC5)C5(CCCCC5)NC(N)=NC2)C[C@H](CCN4)Oc2cc(c(C(O)O)cc2O)C[C@H]31. The van der Waals surface area contributed by atoms with Gasteiger partial charge in [-0.05, 0) is 95.4 Å². The Morgan fingerprint density at radius 1 is 1.00 bits per heavy atom. The zero-order valence-electron chi connectivity index (χ0n) is 37.0. The van der Waals surface area contributed by atoms with E-state index >= 15 is 0 Å². The van der Waals surface area contributed by atoms with Crippen LogP contribution in [-0.2, 0) is 16.0 Å². The molecule has 0 unspecified atom stereocenters. The largest absolute Gasteiger partial charge is 0.504 e. The molecular formula is C47H73N5O8S2. The maximum atomic E-state index is 12.8. The number of aromatic hydroxyl groups is 1. The number of phenols is 1. The van der Waals surface area contributed by atoms with Gasteiger partial charge < -0.3 is 56.7 Å². The zero-order chi connectivity index (χ0) is 44.0. The van der Waals surface area contributed by atoms with Gasteiger partial charge in [-0.15, -0.1) is 0 Å². The summed E-state index contributed by atoms with van der Waals surface area (Å²) in [7, 11) is 4.03. The first-order valence-electron chi connectivity index (χ1n) is 23.5. The van der Waals surface area contributed by atoms with Crippen molar-refractivity contribution in [1.82, 2.24) is 16.0 Å². The average Bonchev–Trinajstić information content (AvgIpc) is 3.24. The molecule has 1 saturated heterocycles. The lowest BCUT2D eigenvalue weighted by Crippen LogP contribution is -2.65. The second-order valence-electron chi connectivity index (χ2n) is 19.5. The molecule has 346 valence electrons. The first-order chi connectivity index (χ1) is 29.8. The molecule has 1 aromatic carbocycles. The van der Waals surface area contributed by atoms with E-state index in [1.165, 1.54) is 38.7 Å². The Balaban J connectivity index is 1.37. The first kappa shape index (κ1) is 47.5. The highest BCUT2D eigenvalue weighted by Crippen LogP contribution is 2.56. The molecule has 1 aromatic rings. The molecule has 10 N–H and O–H groups in total. The van der Waals surface area contributed by atoms with Gasteiger partial charge in [-0.25, -0.2) is 0 Å². The minimum absolute atomic E-state index is 0.00253. The van der Waals surface area contributed by atoms with Gasteiger partial charge >= 0.3 is 5.97 Å². The maximum Gasteiger partial charge on any atom is 0.302 e. The first-order valence-corrected chi connectivity index (χ1v) is 25.9. The van der Waals surface area contributed by atoms with Gasteiger partial charge in [-0.1, -0.05) is 78.4 Å². The zero-order valence-corrected chi connectivity index (χ0v) is 38.6. The van der Waals surface area contributed by atoms with E-state index in [9.17, 15) is 30.3 Å². The Morgan fingerprint density at radius 3 is 2.48 bits per heavy atom. The van der Waals surface area contributed by atoms with E-state index < -0.39 is 47.8 Å². The Morgan fingerprint density at radius 2 is 1.76 bits per heavy atom. The number of aliphatic imine (C=N–C) groups is 1. The number of hydrogen-bond acceptors (Lipinski definition) is 15. The van der Waals surface area contributed by atoms with Crippen LogP contribution in [-0.4, -0.2) is 110 Å². The molecule has 8 atom stereocenters. The number of hydrogen-bond donors (Lipinski definition) is 9. The molecule has 3 heterocycles. The van der Waals surface area contributed by atoms with E-state index in [4.69, 9.17) is 20.2 Å². The van der Waals surface area contributed by atoms with Crippen LogP contribution in [0.2, 0.25) is 0 Å². The van der Waals surface area contributed by atoms with Crippen LogP contribution in [0.5, 0.6) is 11.5 Å². The number of guanidine groups is 1. The van der Waals surface area contributed by atoms with Crippen molar-refractivity contribution in [3.8, 4) is 23.3 Å². The minimum Gasteiger partial charge on any atom is -0.504 e. The molecule has 3 aliphatic carbocycles. The van der Waals surface area contributed by atoms with Gasteiger partial charge in [0.15, 0.2) is 23.7 Å². The van der Waals surface area contributed by atoms with Gasteiger partial charge in [-0.3, -0.25) is 9.79 Å². The number of carbonyl (C=O) groups excluding carboxylic acids is 1. The van der Waals surface area contributed by atoms with Gasteiger partial charge in [0.1, 0.15) is 12.2 Å². The molecule has 3 fully saturated rings. The lowest BCUT2D eigenvalue weighted by Gasteiger charge is -2.54. The van der Waals surface area contributed by atoms with Crippen LogP contribution < -0.4 is 26.4 Å². The van der Waals surface area contributed by atoms with Gasteiger partial charge in [0.25, 0.3) is 0 Å². The number of nitrogens with one attached hydrogen (secondary N) is 3. The Bertz CT molecular complexity index is 1780. The molecule has 7 rings (SSSR count). The molecule has 6 aliphatic rings. The van der Waals surface area contributed by atoms with Crippen molar-refractivity contribution in [3.05, 3.63) is 23.3 Å². The van der Waals surface area contributed by atoms with E-state index in [1.54, 1.807) is 13.0 Å². The number of rotatable bonds is 3. The molecule has 3 spiro atoms. The van der Waals surface area contributed by atoms with E-state index in [2.05, 4.69) is 38.6 Å². The van der Waals surface area contributed by atoms with Gasteiger partial charge in [-0.2, -0.15) is 0 Å². The normalized spacial score (nSPS) is 34.0. The number of nitrogens with zero attached hydrogens (tertiary/aromatic N) is 1. The van der Waals surface area contributed by atoms with E-state index in [0.717, 1.165) is 83.2 Å². The van der Waals surface area contributed by atoms with Crippen LogP contribution in [0.4, 0.5) is 0 Å². The van der Waals surface area contributed by atoms with E-state index in [0.29, 0.717) is 30.8 Å². The summed E-state index contributed by atoms with van der Waals surface area (Å²) in [5.41, 5.74) is 6.04. The molecule has 3 aliphatic heterocycles. The van der Waals surface area contributed by atoms with Crippen LogP contribution in [0.25, 0.3) is 0 Å². The van der Waals surface area contributed by atoms with Crippen LogP contribution >= 0.6 is 21.6 Å². The fourth-order valence-electron chi connectivity index (χ4n) is 11.7. The molecule has 0 amide bonds. The second kappa shape index (κ2) is 20.8. The lowest BCUT2D eigenvalue weighted by atomic mass is 9.66. The smallest absolute Gasteiger partial charge is 0.302 e. The van der Waals surface area contributed by atoms with Crippen molar-refractivity contribution in [2.45, 2.75) is 182 Å². The Labute approximate surface area is 376 Å². The van der Waals surface area contributed by atoms with Crippen LogP contribution in [0.3, 0.4) is 0 Å². The number of fused-ring (bicyclic) bond motifs is 7. The highest BCUT2D eigenvalue weighted by molar-refractivity contribution is 8.77. The quantitative estimate of drug-likeness (QED) is 0.0812. The van der Waals surface area contributed by atoms with Crippen LogP contribution in [0.1, 0.15) is 147 Å². The van der Waals surface area contributed by atoms with Gasteiger partial charge in [0, 0.05) is 66.3 Å². The Hall–Kier alpha value is -2.42. The highest BCUT2D eigenvalue weighted by Gasteiger charge is 2.53. The lowest BCUT2D eigenvalue weighted by molar-refractivity contribution is -0.152. The molecule has 15 heteroatoms. The predicted molar refractivity (Wildman–Crippen MR) is 246 cm³/mol. The topological polar surface area (TPSA) is 211 Å². The number of carbonyl (C=O) groups is 1. The molecule has 0 radical (unpaired) electrons. The standard InChI is InChI=1S/C47H73N5O8S2/c1-31(53)44-19-11-33-10-9-14-45(30-49-22-23-61-62-47(17-7-4-8-18-47)46(15-5-3-6-16-46)52-43(48)50-29-44)28-36(13-21-51-45)60-41-25-34(38(42(57)58)27-39(41)56)24-37(33)40(59-32(2)54)26-35(55)12-20-44/h25,27,31,33,35-37,40,42,49,51,53,55-58H,3-10,12-18,20-24,26,28-30H2,1-2H3,(H3,48,50,52)/t31-,33-,35-,36-,37+,40-,44+,45-/m0/s1. The summed E-state index contributed by atoms with van der Waals surface area (Å²) in [6, 6.07) is 3.04. The van der Waals surface area contributed by atoms with Crippen molar-refractivity contribution in [1.29, 1.82) is 0 Å².